The number of morpholine rings is 1. The van der Waals surface area contributed by atoms with Crippen LogP contribution in [0.4, 0.5) is 20.3 Å². The molecular formula is C32H28ClF2N9O5. The lowest BCUT2D eigenvalue weighted by Gasteiger charge is -2.34. The van der Waals surface area contributed by atoms with Gasteiger partial charge in [0, 0.05) is 43.2 Å². The van der Waals surface area contributed by atoms with Crippen LogP contribution in [-0.2, 0) is 29.7 Å². The molecule has 2 amide bonds. The smallest absolute Gasteiger partial charge is 0.264 e. The number of primary amides is 1. The summed E-state index contributed by atoms with van der Waals surface area (Å²) < 4.78 is 39.7. The summed E-state index contributed by atoms with van der Waals surface area (Å²) in [5.41, 5.74) is 3.94. The number of hydrogen-bond acceptors (Lipinski definition) is 9. The minimum Gasteiger partial charge on any atom is -0.504 e. The first-order valence-corrected chi connectivity index (χ1v) is 15.2. The highest BCUT2D eigenvalue weighted by atomic mass is 35.5. The molecule has 0 aliphatic carbocycles. The number of carbonyl (C=O) groups is 2. The van der Waals surface area contributed by atoms with Gasteiger partial charge >= 0.3 is 0 Å². The van der Waals surface area contributed by atoms with Crippen molar-refractivity contribution in [1.29, 1.82) is 0 Å². The molecule has 17 heteroatoms. The van der Waals surface area contributed by atoms with Gasteiger partial charge in [-0.15, -0.1) is 0 Å². The zero-order chi connectivity index (χ0) is 35.0. The molecule has 4 aromatic heterocycles. The van der Waals surface area contributed by atoms with E-state index in [1.807, 2.05) is 11.8 Å². The van der Waals surface area contributed by atoms with Crippen LogP contribution in [-0.4, -0.2) is 71.6 Å². The summed E-state index contributed by atoms with van der Waals surface area (Å²) in [5.74, 6) is -0.110. The van der Waals surface area contributed by atoms with Gasteiger partial charge < -0.3 is 30.4 Å². The third-order valence-electron chi connectivity index (χ3n) is 7.86. The Morgan fingerprint density at radius 2 is 1.96 bits per heavy atom. The summed E-state index contributed by atoms with van der Waals surface area (Å²) in [7, 11) is 1.73. The molecule has 1 atom stereocenters. The number of pyridine rings is 1. The third-order valence-corrected chi connectivity index (χ3v) is 8.16. The minimum absolute atomic E-state index is 0.0345. The number of nitrogens with zero attached hydrogens (tertiary/aromatic N) is 7. The highest BCUT2D eigenvalue weighted by molar-refractivity contribution is 6.33. The Labute approximate surface area is 281 Å². The number of amides is 2. The summed E-state index contributed by atoms with van der Waals surface area (Å²) in [4.78, 5) is 50.0. The van der Waals surface area contributed by atoms with Crippen LogP contribution in [0.15, 0.2) is 48.0 Å². The number of halogens is 3. The van der Waals surface area contributed by atoms with Crippen molar-refractivity contribution < 1.29 is 28.2 Å². The largest absolute Gasteiger partial charge is 0.504 e. The first-order valence-electron chi connectivity index (χ1n) is 14.8. The van der Waals surface area contributed by atoms with Crippen molar-refractivity contribution in [2.45, 2.75) is 26.1 Å². The summed E-state index contributed by atoms with van der Waals surface area (Å²) in [6.07, 6.45) is 7.07. The fourth-order valence-corrected chi connectivity index (χ4v) is 5.61. The fraction of sp³-hybridized carbons (Fsp3) is 0.250. The number of benzene rings is 1. The van der Waals surface area contributed by atoms with Crippen molar-refractivity contribution >= 4 is 46.0 Å². The van der Waals surface area contributed by atoms with Gasteiger partial charge in [0.25, 0.3) is 11.5 Å². The van der Waals surface area contributed by atoms with Crippen LogP contribution < -0.4 is 21.5 Å². The first-order chi connectivity index (χ1) is 23.4. The number of aromatic hydroxyl groups is 1. The summed E-state index contributed by atoms with van der Waals surface area (Å²) in [6, 6.07) is 2.50. The molecule has 1 fully saturated rings. The number of rotatable bonds is 7. The topological polar surface area (TPSA) is 175 Å². The lowest BCUT2D eigenvalue weighted by Crippen LogP contribution is -2.44. The number of carbonyl (C=O) groups excluding carboxylic acids is 2. The van der Waals surface area contributed by atoms with Crippen molar-refractivity contribution in [3.8, 4) is 28.7 Å². The van der Waals surface area contributed by atoms with Crippen LogP contribution in [0.5, 0.6) is 5.75 Å². The van der Waals surface area contributed by atoms with Crippen LogP contribution in [0.2, 0.25) is 5.02 Å². The van der Waals surface area contributed by atoms with E-state index < -0.39 is 52.4 Å². The number of ether oxygens (including phenoxy) is 1. The molecule has 6 rings (SSSR count). The number of aromatic nitrogens is 6. The predicted octanol–water partition coefficient (Wildman–Crippen LogP) is 2.65. The Kier molecular flexibility index (Phi) is 9.04. The van der Waals surface area contributed by atoms with E-state index in [-0.39, 0.29) is 39.9 Å². The van der Waals surface area contributed by atoms with Gasteiger partial charge in [-0.3, -0.25) is 23.6 Å². The molecule has 0 radical (unpaired) electrons. The van der Waals surface area contributed by atoms with Gasteiger partial charge in [0.1, 0.15) is 24.3 Å². The molecule has 1 saturated heterocycles. The average Bonchev–Trinajstić information content (AvgIpc) is 3.65. The van der Waals surface area contributed by atoms with E-state index in [0.29, 0.717) is 31.1 Å². The average molecular weight is 692 g/mol. The zero-order valence-corrected chi connectivity index (χ0v) is 26.8. The van der Waals surface area contributed by atoms with Gasteiger partial charge in [-0.25, -0.2) is 14.4 Å². The van der Waals surface area contributed by atoms with Crippen LogP contribution in [0.1, 0.15) is 22.8 Å². The number of aryl methyl sites for hydroxylation is 1. The van der Waals surface area contributed by atoms with E-state index >= 15 is 4.39 Å². The van der Waals surface area contributed by atoms with Crippen molar-refractivity contribution in [3.05, 3.63) is 81.4 Å². The molecule has 1 aliphatic rings. The van der Waals surface area contributed by atoms with E-state index in [2.05, 4.69) is 32.2 Å². The van der Waals surface area contributed by atoms with Crippen molar-refractivity contribution in [3.63, 3.8) is 0 Å². The predicted molar refractivity (Wildman–Crippen MR) is 175 cm³/mol. The number of nitrogens with two attached hydrogens (primary N) is 1. The molecule has 0 saturated carbocycles. The lowest BCUT2D eigenvalue weighted by molar-refractivity contribution is -0.116. The normalized spacial score (nSPS) is 14.5. The van der Waals surface area contributed by atoms with Gasteiger partial charge in [-0.2, -0.15) is 9.49 Å². The maximum absolute atomic E-state index is 15.4. The van der Waals surface area contributed by atoms with E-state index in [4.69, 9.17) is 22.1 Å². The highest BCUT2D eigenvalue weighted by Gasteiger charge is 2.27. The van der Waals surface area contributed by atoms with Crippen LogP contribution in [0, 0.1) is 23.5 Å². The second kappa shape index (κ2) is 13.4. The molecule has 1 aromatic carbocycles. The Hall–Kier alpha value is -5.79. The van der Waals surface area contributed by atoms with Gasteiger partial charge in [0.15, 0.2) is 11.6 Å². The number of anilines is 2. The summed E-state index contributed by atoms with van der Waals surface area (Å²) in [5, 5.41) is 16.8. The standard InChI is InChI=1S/C32H28ClF2N9O5/c1-17-15-49-7-6-44(17)24-9-23(22(33)11-37-24)40-25(45)14-43-13-21(19-8-20(30(36)47)29(46)28(35)27(19)34)26-31(43)38-16-42(32(26)48)5-3-4-18-10-39-41(2)12-18/h8-13,16-17,46H,5-7,14-15H2,1-2H3,(H2,36,47)(H,37,40,45)/t17-/m0/s1. The second-order valence-electron chi connectivity index (χ2n) is 11.3. The van der Waals surface area contributed by atoms with E-state index in [0.717, 1.165) is 10.6 Å². The van der Waals surface area contributed by atoms with E-state index in [9.17, 15) is 23.9 Å². The molecule has 0 unspecified atom stereocenters. The van der Waals surface area contributed by atoms with Gasteiger partial charge in [-0.1, -0.05) is 23.4 Å². The maximum Gasteiger partial charge on any atom is 0.264 e. The summed E-state index contributed by atoms with van der Waals surface area (Å²) in [6.45, 7) is 3.01. The Morgan fingerprint density at radius 1 is 1.16 bits per heavy atom. The quantitative estimate of drug-likeness (QED) is 0.217. The first kappa shape index (κ1) is 33.1. The molecule has 0 bridgehead atoms. The van der Waals surface area contributed by atoms with Crippen LogP contribution in [0.3, 0.4) is 0 Å². The van der Waals surface area contributed by atoms with Gasteiger partial charge in [-0.05, 0) is 13.0 Å². The van der Waals surface area contributed by atoms with E-state index in [1.165, 1.54) is 23.3 Å². The molecule has 0 spiro atoms. The van der Waals surface area contributed by atoms with Crippen LogP contribution >= 0.6 is 11.6 Å². The summed E-state index contributed by atoms with van der Waals surface area (Å²) >= 11 is 6.37. The molecular weight excluding hydrogens is 664 g/mol. The number of fused-ring (bicyclic) bond motifs is 1. The number of hydrogen-bond donors (Lipinski definition) is 3. The van der Waals surface area contributed by atoms with Crippen LogP contribution in [0.25, 0.3) is 22.2 Å². The lowest BCUT2D eigenvalue weighted by atomic mass is 10.0. The molecule has 252 valence electrons. The maximum atomic E-state index is 15.4. The minimum atomic E-state index is -1.74. The number of nitrogens with one attached hydrogen (secondary N) is 1. The third kappa shape index (κ3) is 6.53. The molecule has 5 heterocycles. The van der Waals surface area contributed by atoms with Crippen molar-refractivity contribution in [1.82, 2.24) is 28.9 Å². The molecule has 49 heavy (non-hydrogen) atoms. The molecule has 1 aliphatic heterocycles. The van der Waals surface area contributed by atoms with Crippen molar-refractivity contribution in [2.24, 2.45) is 12.8 Å². The second-order valence-corrected chi connectivity index (χ2v) is 11.7. The molecule has 4 N–H and O–H groups in total. The van der Waals surface area contributed by atoms with E-state index in [1.54, 1.807) is 30.2 Å². The Morgan fingerprint density at radius 3 is 2.67 bits per heavy atom. The highest BCUT2D eigenvalue weighted by Crippen LogP contribution is 2.36. The SMILES string of the molecule is C[C@H]1COCCN1c1cc(NC(=O)Cn2cc(-c3cc(C(N)=O)c(O)c(F)c3F)c3c(=O)n(CC#Cc4cnn(C)c4)cnc32)c(Cl)cn1. The fourth-order valence-electron chi connectivity index (χ4n) is 5.46. The van der Waals surface area contributed by atoms with Gasteiger partial charge in [0.05, 0.1) is 65.4 Å². The van der Waals surface area contributed by atoms with Crippen molar-refractivity contribution in [2.75, 3.05) is 30.0 Å². The molecule has 5 aromatic rings. The van der Waals surface area contributed by atoms with Gasteiger partial charge in [0.2, 0.25) is 11.7 Å². The zero-order valence-electron chi connectivity index (χ0n) is 26.1. The Bertz CT molecular complexity index is 2260. The monoisotopic (exact) mass is 691 g/mol. The Balaban J connectivity index is 1.40. The molecule has 14 nitrogen and oxygen atoms in total. The number of phenols is 1.